The summed E-state index contributed by atoms with van der Waals surface area (Å²) in [5.41, 5.74) is 0. The van der Waals surface area contributed by atoms with Crippen molar-refractivity contribution in [2.24, 2.45) is 0 Å². The average Bonchev–Trinajstić information content (AvgIpc) is 3.14. The van der Waals surface area contributed by atoms with Crippen LogP contribution in [0.5, 0.6) is 0 Å². The zero-order valence-electron chi connectivity index (χ0n) is 33.0. The molecule has 0 spiro atoms. The van der Waals surface area contributed by atoms with Gasteiger partial charge in [0.2, 0.25) is 0 Å². The van der Waals surface area contributed by atoms with Gasteiger partial charge in [0.25, 0.3) is 0 Å². The molecule has 0 saturated carbocycles. The highest BCUT2D eigenvalue weighted by Gasteiger charge is 2.47. The Morgan fingerprint density at radius 2 is 1.06 bits per heavy atom. The molecule has 1 heterocycles. The van der Waals surface area contributed by atoms with Crippen LogP contribution in [0.4, 0.5) is 0 Å². The molecule has 0 radical (unpaired) electrons. The predicted octanol–water partition coefficient (Wildman–Crippen LogP) is 8.25. The molecule has 0 bridgehead atoms. The molecule has 6 atom stereocenters. The summed E-state index contributed by atoms with van der Waals surface area (Å²) in [4.78, 5) is 36.7. The number of hydrogen-bond acceptors (Lipinski definition) is 10. The highest BCUT2D eigenvalue weighted by molar-refractivity contribution is 5.73. The van der Waals surface area contributed by atoms with Crippen LogP contribution in [0, 0.1) is 0 Å². The molecule has 1 rings (SSSR count). The molecule has 0 aliphatic carbocycles. The number of carbonyl (C=O) groups excluding carboxylic acids is 2. The minimum Gasteiger partial charge on any atom is -0.479 e. The zero-order valence-corrected chi connectivity index (χ0v) is 33.0. The lowest BCUT2D eigenvalue weighted by Crippen LogP contribution is -2.60. The number of carbonyl (C=O) groups is 3. The summed E-state index contributed by atoms with van der Waals surface area (Å²) >= 11 is 0. The number of esters is 2. The molecule has 53 heavy (non-hydrogen) atoms. The number of aliphatic hydroxyl groups excluding tert-OH is 3. The van der Waals surface area contributed by atoms with E-state index in [2.05, 4.69) is 38.2 Å². The number of allylic oxidation sites excluding steroid dienone is 4. The van der Waals surface area contributed by atoms with Crippen molar-refractivity contribution >= 4 is 17.9 Å². The molecule has 4 N–H and O–H groups in total. The quantitative estimate of drug-likeness (QED) is 0.0284. The lowest BCUT2D eigenvalue weighted by atomic mass is 9.99. The second-order valence-corrected chi connectivity index (χ2v) is 14.5. The normalized spacial score (nSPS) is 21.0. The topological polar surface area (TPSA) is 169 Å². The Bertz CT molecular complexity index is 984. The number of aliphatic carboxylic acids is 1. The Labute approximate surface area is 319 Å². The Morgan fingerprint density at radius 1 is 0.585 bits per heavy atom. The van der Waals surface area contributed by atoms with Gasteiger partial charge in [-0.25, -0.2) is 4.79 Å². The van der Waals surface area contributed by atoms with Crippen molar-refractivity contribution < 1.29 is 53.8 Å². The van der Waals surface area contributed by atoms with Crippen molar-refractivity contribution in [3.63, 3.8) is 0 Å². The minimum atomic E-state index is -1.86. The van der Waals surface area contributed by atoms with E-state index in [0.29, 0.717) is 12.8 Å². The summed E-state index contributed by atoms with van der Waals surface area (Å²) in [6, 6.07) is 0. The fraction of sp³-hybridized carbons (Fsp3) is 0.833. The first kappa shape index (κ1) is 48.7. The molecular formula is C42H74O11. The Hall–Kier alpha value is -2.31. The molecule has 0 aromatic heterocycles. The lowest BCUT2D eigenvalue weighted by molar-refractivity contribution is -0.298. The Balaban J connectivity index is 2.40. The van der Waals surface area contributed by atoms with Crippen LogP contribution in [0.25, 0.3) is 0 Å². The number of aliphatic hydroxyl groups is 3. The van der Waals surface area contributed by atoms with Crippen molar-refractivity contribution in [2.45, 2.75) is 211 Å². The maximum atomic E-state index is 12.7. The highest BCUT2D eigenvalue weighted by atomic mass is 16.7. The van der Waals surface area contributed by atoms with E-state index in [9.17, 15) is 34.8 Å². The SMILES string of the molecule is CCCCCC/C=C\C/C=C\CCCCCCCC(=O)OCC(COC1OC(C(=O)O)C(O)C(O)C1O)OC(=O)CCCCCCCCCCCCC. The van der Waals surface area contributed by atoms with Gasteiger partial charge in [-0.2, -0.15) is 0 Å². The zero-order chi connectivity index (χ0) is 38.9. The molecule has 11 heteroatoms. The van der Waals surface area contributed by atoms with Crippen molar-refractivity contribution in [3.05, 3.63) is 24.3 Å². The summed E-state index contributed by atoms with van der Waals surface area (Å²) < 4.78 is 21.7. The highest BCUT2D eigenvalue weighted by Crippen LogP contribution is 2.23. The van der Waals surface area contributed by atoms with Crippen LogP contribution in [0.15, 0.2) is 24.3 Å². The van der Waals surface area contributed by atoms with Crippen LogP contribution >= 0.6 is 0 Å². The molecule has 0 amide bonds. The number of ether oxygens (including phenoxy) is 4. The third-order valence-electron chi connectivity index (χ3n) is 9.55. The van der Waals surface area contributed by atoms with Gasteiger partial charge >= 0.3 is 17.9 Å². The van der Waals surface area contributed by atoms with Gasteiger partial charge in [0.15, 0.2) is 18.5 Å². The predicted molar refractivity (Wildman–Crippen MR) is 206 cm³/mol. The Morgan fingerprint density at radius 3 is 1.58 bits per heavy atom. The molecule has 1 fully saturated rings. The molecule has 1 aliphatic heterocycles. The molecule has 0 aromatic carbocycles. The molecule has 308 valence electrons. The molecule has 6 unspecified atom stereocenters. The maximum absolute atomic E-state index is 12.7. The third-order valence-corrected chi connectivity index (χ3v) is 9.55. The standard InChI is InChI=1S/C42H74O11/c1-3-5-7-9-11-13-15-16-17-18-19-21-22-24-26-28-30-35(43)50-32-34(33-51-42-39(47)37(45)38(46)40(53-42)41(48)49)52-36(44)31-29-27-25-23-20-14-12-10-8-6-4-2/h13,15,17-18,34,37-40,42,45-47H,3-12,14,16,19-33H2,1-2H3,(H,48,49)/b15-13-,18-17-. The summed E-state index contributed by atoms with van der Waals surface area (Å²) in [6.07, 6.45) is 25.2. The summed E-state index contributed by atoms with van der Waals surface area (Å²) in [7, 11) is 0. The third kappa shape index (κ3) is 25.4. The fourth-order valence-corrected chi connectivity index (χ4v) is 6.20. The fourth-order valence-electron chi connectivity index (χ4n) is 6.20. The van der Waals surface area contributed by atoms with Gasteiger partial charge in [-0.3, -0.25) is 9.59 Å². The smallest absolute Gasteiger partial charge is 0.335 e. The summed E-state index contributed by atoms with van der Waals surface area (Å²) in [5, 5.41) is 39.7. The minimum absolute atomic E-state index is 0.183. The molecule has 11 nitrogen and oxygen atoms in total. The van der Waals surface area contributed by atoms with Crippen LogP contribution in [-0.4, -0.2) is 88.4 Å². The van der Waals surface area contributed by atoms with Crippen molar-refractivity contribution in [1.29, 1.82) is 0 Å². The Kier molecular flexibility index (Phi) is 30.4. The molecule has 0 aromatic rings. The average molecular weight is 755 g/mol. The summed E-state index contributed by atoms with van der Waals surface area (Å²) in [5.74, 6) is -2.46. The van der Waals surface area contributed by atoms with E-state index in [4.69, 9.17) is 18.9 Å². The van der Waals surface area contributed by atoms with E-state index >= 15 is 0 Å². The number of hydrogen-bond donors (Lipinski definition) is 4. The van der Waals surface area contributed by atoms with Gasteiger partial charge in [-0.15, -0.1) is 0 Å². The monoisotopic (exact) mass is 755 g/mol. The number of carboxylic acids is 1. The van der Waals surface area contributed by atoms with Crippen molar-refractivity contribution in [1.82, 2.24) is 0 Å². The number of carboxylic acid groups (broad SMARTS) is 1. The van der Waals surface area contributed by atoms with E-state index in [-0.39, 0.29) is 19.4 Å². The summed E-state index contributed by atoms with van der Waals surface area (Å²) in [6.45, 7) is 3.76. The first-order valence-electron chi connectivity index (χ1n) is 20.9. The molecule has 1 aliphatic rings. The van der Waals surface area contributed by atoms with Gasteiger partial charge in [0.05, 0.1) is 6.61 Å². The van der Waals surface area contributed by atoms with Crippen LogP contribution in [0.3, 0.4) is 0 Å². The van der Waals surface area contributed by atoms with Crippen LogP contribution in [-0.2, 0) is 33.3 Å². The second kappa shape index (κ2) is 33.1. The van der Waals surface area contributed by atoms with E-state index in [1.54, 1.807) is 0 Å². The van der Waals surface area contributed by atoms with Crippen LogP contribution in [0.1, 0.15) is 174 Å². The van der Waals surface area contributed by atoms with Gasteiger partial charge in [-0.05, 0) is 44.9 Å². The van der Waals surface area contributed by atoms with Crippen molar-refractivity contribution in [2.75, 3.05) is 13.2 Å². The van der Waals surface area contributed by atoms with Gasteiger partial charge < -0.3 is 39.4 Å². The van der Waals surface area contributed by atoms with Crippen molar-refractivity contribution in [3.8, 4) is 0 Å². The molecular weight excluding hydrogens is 680 g/mol. The van der Waals surface area contributed by atoms with E-state index in [1.807, 2.05) is 0 Å². The van der Waals surface area contributed by atoms with Gasteiger partial charge in [0, 0.05) is 12.8 Å². The van der Waals surface area contributed by atoms with E-state index < -0.39 is 61.3 Å². The van der Waals surface area contributed by atoms with Crippen LogP contribution in [0.2, 0.25) is 0 Å². The first-order chi connectivity index (χ1) is 25.7. The maximum Gasteiger partial charge on any atom is 0.335 e. The lowest BCUT2D eigenvalue weighted by Gasteiger charge is -2.38. The first-order valence-corrected chi connectivity index (χ1v) is 20.9. The largest absolute Gasteiger partial charge is 0.479 e. The van der Waals surface area contributed by atoms with Crippen LogP contribution < -0.4 is 0 Å². The number of unbranched alkanes of at least 4 members (excludes halogenated alkanes) is 19. The van der Waals surface area contributed by atoms with Gasteiger partial charge in [-0.1, -0.05) is 141 Å². The van der Waals surface area contributed by atoms with Gasteiger partial charge in [0.1, 0.15) is 24.9 Å². The molecule has 1 saturated heterocycles. The number of rotatable bonds is 34. The van der Waals surface area contributed by atoms with E-state index in [1.165, 1.54) is 77.0 Å². The second-order valence-electron chi connectivity index (χ2n) is 14.5. The van der Waals surface area contributed by atoms with E-state index in [0.717, 1.165) is 57.8 Å².